The van der Waals surface area contributed by atoms with Gasteiger partial charge in [-0.05, 0) is 24.3 Å². The van der Waals surface area contributed by atoms with E-state index in [2.05, 4.69) is 10.7 Å². The smallest absolute Gasteiger partial charge is 0.257 e. The lowest BCUT2D eigenvalue weighted by Crippen LogP contribution is -2.17. The van der Waals surface area contributed by atoms with Crippen molar-refractivity contribution < 1.29 is 9.18 Å². The second kappa shape index (κ2) is 5.29. The van der Waals surface area contributed by atoms with Crippen LogP contribution < -0.4 is 16.6 Å². The van der Waals surface area contributed by atoms with E-state index in [4.69, 9.17) is 5.84 Å². The van der Waals surface area contributed by atoms with Gasteiger partial charge < -0.3 is 10.7 Å². The molecule has 92 valence electrons. The van der Waals surface area contributed by atoms with Crippen molar-refractivity contribution in [1.82, 2.24) is 0 Å². The van der Waals surface area contributed by atoms with E-state index < -0.39 is 11.7 Å². The highest BCUT2D eigenvalue weighted by Gasteiger charge is 2.11. The number of halogens is 1. The molecule has 1 amide bonds. The van der Waals surface area contributed by atoms with Crippen LogP contribution in [0.15, 0.2) is 48.5 Å². The first-order chi connectivity index (χ1) is 8.72. The normalized spacial score (nSPS) is 9.89. The third-order valence-corrected chi connectivity index (χ3v) is 2.45. The Morgan fingerprint density at radius 1 is 1.00 bits per heavy atom. The summed E-state index contributed by atoms with van der Waals surface area (Å²) in [7, 11) is 0. The monoisotopic (exact) mass is 245 g/mol. The van der Waals surface area contributed by atoms with Crippen LogP contribution in [0.25, 0.3) is 0 Å². The standard InChI is InChI=1S/C13H12FN3O/c14-10-6-2-4-8-12(10)16-13(18)9-5-1-3-7-11(9)17-15/h1-8,17H,15H2,(H,16,18). The Morgan fingerprint density at radius 3 is 2.28 bits per heavy atom. The Labute approximate surface area is 104 Å². The molecule has 0 saturated heterocycles. The number of para-hydroxylation sites is 2. The maximum atomic E-state index is 13.4. The highest BCUT2D eigenvalue weighted by atomic mass is 19.1. The van der Waals surface area contributed by atoms with E-state index in [9.17, 15) is 9.18 Å². The fraction of sp³-hybridized carbons (Fsp3) is 0. The second-order valence-corrected chi connectivity index (χ2v) is 3.62. The van der Waals surface area contributed by atoms with E-state index in [-0.39, 0.29) is 5.69 Å². The summed E-state index contributed by atoms with van der Waals surface area (Å²) >= 11 is 0. The van der Waals surface area contributed by atoms with Gasteiger partial charge in [0.2, 0.25) is 0 Å². The van der Waals surface area contributed by atoms with Crippen molar-refractivity contribution in [2.75, 3.05) is 10.7 Å². The van der Waals surface area contributed by atoms with Crippen molar-refractivity contribution in [2.24, 2.45) is 5.84 Å². The number of hydrogen-bond acceptors (Lipinski definition) is 3. The van der Waals surface area contributed by atoms with Crippen molar-refractivity contribution in [2.45, 2.75) is 0 Å². The summed E-state index contributed by atoms with van der Waals surface area (Å²) in [4.78, 5) is 12.0. The molecule has 0 heterocycles. The number of hydrazine groups is 1. The third kappa shape index (κ3) is 2.46. The molecule has 0 aliphatic heterocycles. The van der Waals surface area contributed by atoms with Crippen LogP contribution in [0, 0.1) is 5.82 Å². The zero-order valence-corrected chi connectivity index (χ0v) is 9.48. The maximum absolute atomic E-state index is 13.4. The van der Waals surface area contributed by atoms with Crippen LogP contribution in [0.2, 0.25) is 0 Å². The Balaban J connectivity index is 2.25. The van der Waals surface area contributed by atoms with Crippen molar-refractivity contribution >= 4 is 17.3 Å². The first-order valence-corrected chi connectivity index (χ1v) is 5.34. The summed E-state index contributed by atoms with van der Waals surface area (Å²) in [6.45, 7) is 0. The summed E-state index contributed by atoms with van der Waals surface area (Å²) in [5.41, 5.74) is 3.38. The molecule has 0 aliphatic carbocycles. The zero-order valence-electron chi connectivity index (χ0n) is 9.48. The molecule has 2 aromatic carbocycles. The average Bonchev–Trinajstić information content (AvgIpc) is 2.41. The number of benzene rings is 2. The number of nitrogen functional groups attached to an aromatic ring is 1. The Bertz CT molecular complexity index is 572. The van der Waals surface area contributed by atoms with Crippen LogP contribution in [0.5, 0.6) is 0 Å². The van der Waals surface area contributed by atoms with Gasteiger partial charge in [0.25, 0.3) is 5.91 Å². The molecular weight excluding hydrogens is 233 g/mol. The van der Waals surface area contributed by atoms with E-state index in [1.54, 1.807) is 36.4 Å². The molecular formula is C13H12FN3O. The van der Waals surface area contributed by atoms with E-state index in [0.717, 1.165) is 0 Å². The van der Waals surface area contributed by atoms with Crippen LogP contribution >= 0.6 is 0 Å². The molecule has 0 bridgehead atoms. The maximum Gasteiger partial charge on any atom is 0.257 e. The molecule has 0 unspecified atom stereocenters. The zero-order chi connectivity index (χ0) is 13.0. The molecule has 0 spiro atoms. The molecule has 0 fully saturated rings. The minimum Gasteiger partial charge on any atom is -0.323 e. The van der Waals surface area contributed by atoms with Gasteiger partial charge in [-0.2, -0.15) is 0 Å². The number of carbonyl (C=O) groups excluding carboxylic acids is 1. The van der Waals surface area contributed by atoms with Gasteiger partial charge in [0.1, 0.15) is 5.82 Å². The minimum absolute atomic E-state index is 0.134. The first kappa shape index (κ1) is 12.1. The number of carbonyl (C=O) groups is 1. The lowest BCUT2D eigenvalue weighted by atomic mass is 10.1. The van der Waals surface area contributed by atoms with Gasteiger partial charge in [0, 0.05) is 0 Å². The molecule has 0 radical (unpaired) electrons. The topological polar surface area (TPSA) is 67.1 Å². The fourth-order valence-electron chi connectivity index (χ4n) is 1.56. The van der Waals surface area contributed by atoms with E-state index in [1.807, 2.05) is 0 Å². The largest absolute Gasteiger partial charge is 0.323 e. The number of amides is 1. The number of nitrogens with one attached hydrogen (secondary N) is 2. The van der Waals surface area contributed by atoms with Gasteiger partial charge in [-0.15, -0.1) is 0 Å². The molecule has 0 aliphatic rings. The van der Waals surface area contributed by atoms with Crippen LogP contribution in [0.3, 0.4) is 0 Å². The Kier molecular flexibility index (Phi) is 3.54. The van der Waals surface area contributed by atoms with Crippen molar-refractivity contribution in [3.63, 3.8) is 0 Å². The van der Waals surface area contributed by atoms with Gasteiger partial charge in [-0.1, -0.05) is 24.3 Å². The second-order valence-electron chi connectivity index (χ2n) is 3.62. The van der Waals surface area contributed by atoms with E-state index >= 15 is 0 Å². The van der Waals surface area contributed by atoms with Gasteiger partial charge in [0.05, 0.1) is 16.9 Å². The molecule has 5 heteroatoms. The predicted molar refractivity (Wildman–Crippen MR) is 68.6 cm³/mol. The molecule has 18 heavy (non-hydrogen) atoms. The van der Waals surface area contributed by atoms with Crippen LogP contribution in [0.4, 0.5) is 15.8 Å². The lowest BCUT2D eigenvalue weighted by Gasteiger charge is -2.09. The minimum atomic E-state index is -0.482. The highest BCUT2D eigenvalue weighted by molar-refractivity contribution is 6.08. The summed E-state index contributed by atoms with van der Waals surface area (Å²) in [6, 6.07) is 12.7. The molecule has 2 rings (SSSR count). The van der Waals surface area contributed by atoms with Crippen molar-refractivity contribution in [3.05, 3.63) is 59.9 Å². The molecule has 0 aromatic heterocycles. The van der Waals surface area contributed by atoms with Crippen molar-refractivity contribution in [1.29, 1.82) is 0 Å². The van der Waals surface area contributed by atoms with E-state index in [0.29, 0.717) is 11.3 Å². The SMILES string of the molecule is NNc1ccccc1C(=O)Nc1ccccc1F. The third-order valence-electron chi connectivity index (χ3n) is 2.45. The number of anilines is 2. The van der Waals surface area contributed by atoms with Crippen molar-refractivity contribution in [3.8, 4) is 0 Å². The summed E-state index contributed by atoms with van der Waals surface area (Å²) in [6.07, 6.45) is 0. The highest BCUT2D eigenvalue weighted by Crippen LogP contribution is 2.18. The summed E-state index contributed by atoms with van der Waals surface area (Å²) in [5, 5.41) is 2.49. The number of nitrogens with two attached hydrogens (primary N) is 1. The quantitative estimate of drug-likeness (QED) is 0.574. The number of rotatable bonds is 3. The molecule has 0 atom stereocenters. The van der Waals surface area contributed by atoms with Gasteiger partial charge in [-0.25, -0.2) is 4.39 Å². The molecule has 0 saturated carbocycles. The predicted octanol–water partition coefficient (Wildman–Crippen LogP) is 2.36. The van der Waals surface area contributed by atoms with Crippen LogP contribution in [-0.4, -0.2) is 5.91 Å². The Hall–Kier alpha value is -2.40. The van der Waals surface area contributed by atoms with Gasteiger partial charge in [-0.3, -0.25) is 10.6 Å². The summed E-state index contributed by atoms with van der Waals surface area (Å²) < 4.78 is 13.4. The van der Waals surface area contributed by atoms with Gasteiger partial charge in [0.15, 0.2) is 0 Å². The molecule has 4 nitrogen and oxygen atoms in total. The molecule has 2 aromatic rings. The fourth-order valence-corrected chi connectivity index (χ4v) is 1.56. The lowest BCUT2D eigenvalue weighted by molar-refractivity contribution is 0.102. The molecule has 4 N–H and O–H groups in total. The Morgan fingerprint density at radius 2 is 1.61 bits per heavy atom. The van der Waals surface area contributed by atoms with Crippen LogP contribution in [0.1, 0.15) is 10.4 Å². The number of hydrogen-bond donors (Lipinski definition) is 3. The summed E-state index contributed by atoms with van der Waals surface area (Å²) in [5.74, 6) is 4.40. The van der Waals surface area contributed by atoms with Crippen LogP contribution in [-0.2, 0) is 0 Å². The average molecular weight is 245 g/mol. The van der Waals surface area contributed by atoms with Gasteiger partial charge >= 0.3 is 0 Å². The van der Waals surface area contributed by atoms with E-state index in [1.165, 1.54) is 12.1 Å². The first-order valence-electron chi connectivity index (χ1n) is 5.34.